The van der Waals surface area contributed by atoms with Crippen LogP contribution in [0, 0.1) is 13.8 Å². The number of carbonyl (C=O) groups excluding carboxylic acids is 1. The highest BCUT2D eigenvalue weighted by molar-refractivity contribution is 7.92. The molecule has 0 bridgehead atoms. The molecular formula is C24H25ClN2O4S. The number of sulfonamides is 1. The molecule has 0 saturated carbocycles. The second-order valence-corrected chi connectivity index (χ2v) is 9.47. The van der Waals surface area contributed by atoms with Crippen molar-refractivity contribution in [2.24, 2.45) is 0 Å². The average molecular weight is 473 g/mol. The van der Waals surface area contributed by atoms with Crippen molar-refractivity contribution in [1.29, 1.82) is 0 Å². The van der Waals surface area contributed by atoms with Gasteiger partial charge in [0.1, 0.15) is 5.75 Å². The minimum absolute atomic E-state index is 0.0996. The van der Waals surface area contributed by atoms with Crippen LogP contribution in [0.5, 0.6) is 5.75 Å². The Kier molecular flexibility index (Phi) is 7.43. The van der Waals surface area contributed by atoms with Crippen LogP contribution >= 0.6 is 11.6 Å². The Balaban J connectivity index is 1.69. The van der Waals surface area contributed by atoms with Crippen LogP contribution in [0.15, 0.2) is 71.6 Å². The van der Waals surface area contributed by atoms with Gasteiger partial charge in [0, 0.05) is 10.7 Å². The SMILES string of the molecule is CC[C@H](Oc1ccc(Cl)cc1)C(=O)Nc1ccc(S(=O)(=O)Nc2c(C)cccc2C)cc1. The number of rotatable bonds is 8. The smallest absolute Gasteiger partial charge is 0.265 e. The molecule has 3 aromatic carbocycles. The van der Waals surface area contributed by atoms with Crippen molar-refractivity contribution in [3.05, 3.63) is 82.9 Å². The molecule has 0 aliphatic heterocycles. The number of ether oxygens (including phenoxy) is 1. The molecule has 0 fully saturated rings. The molecule has 3 aromatic rings. The summed E-state index contributed by atoms with van der Waals surface area (Å²) in [5.41, 5.74) is 2.71. The number of para-hydroxylation sites is 1. The van der Waals surface area contributed by atoms with E-state index in [1.807, 2.05) is 39.0 Å². The van der Waals surface area contributed by atoms with E-state index in [0.29, 0.717) is 28.6 Å². The van der Waals surface area contributed by atoms with Crippen molar-refractivity contribution in [1.82, 2.24) is 0 Å². The first-order valence-corrected chi connectivity index (χ1v) is 12.0. The lowest BCUT2D eigenvalue weighted by Gasteiger charge is -2.17. The Morgan fingerprint density at radius 2 is 1.56 bits per heavy atom. The van der Waals surface area contributed by atoms with Crippen molar-refractivity contribution in [2.75, 3.05) is 10.0 Å². The fraction of sp³-hybridized carbons (Fsp3) is 0.208. The number of hydrogen-bond acceptors (Lipinski definition) is 4. The van der Waals surface area contributed by atoms with Crippen molar-refractivity contribution in [3.63, 3.8) is 0 Å². The van der Waals surface area contributed by atoms with Crippen LogP contribution in [-0.4, -0.2) is 20.4 Å². The Labute approximate surface area is 193 Å². The van der Waals surface area contributed by atoms with Gasteiger partial charge >= 0.3 is 0 Å². The minimum atomic E-state index is -3.77. The van der Waals surface area contributed by atoms with Crippen LogP contribution in [-0.2, 0) is 14.8 Å². The van der Waals surface area contributed by atoms with Gasteiger partial charge in [0.15, 0.2) is 6.10 Å². The van der Waals surface area contributed by atoms with Crippen molar-refractivity contribution < 1.29 is 17.9 Å². The van der Waals surface area contributed by atoms with Gasteiger partial charge in [-0.1, -0.05) is 36.7 Å². The number of aryl methyl sites for hydroxylation is 2. The molecule has 0 spiro atoms. The topological polar surface area (TPSA) is 84.5 Å². The summed E-state index contributed by atoms with van der Waals surface area (Å²) in [6.07, 6.45) is -0.244. The van der Waals surface area contributed by atoms with Gasteiger partial charge in [-0.25, -0.2) is 8.42 Å². The van der Waals surface area contributed by atoms with Crippen LogP contribution in [0.25, 0.3) is 0 Å². The Morgan fingerprint density at radius 1 is 0.969 bits per heavy atom. The van der Waals surface area contributed by atoms with Crippen LogP contribution in [0.2, 0.25) is 5.02 Å². The standard InChI is InChI=1S/C24H25ClN2O4S/c1-4-22(31-20-12-8-18(25)9-13-20)24(28)26-19-10-14-21(15-11-19)32(29,30)27-23-16(2)6-5-7-17(23)3/h5-15,22,27H,4H2,1-3H3,(H,26,28)/t22-/m0/s1. The van der Waals surface area contributed by atoms with Crippen LogP contribution in [0.4, 0.5) is 11.4 Å². The molecule has 2 N–H and O–H groups in total. The number of hydrogen-bond donors (Lipinski definition) is 2. The fourth-order valence-electron chi connectivity index (χ4n) is 3.11. The summed E-state index contributed by atoms with van der Waals surface area (Å²) in [4.78, 5) is 12.7. The Bertz CT molecular complexity index is 1170. The molecule has 6 nitrogen and oxygen atoms in total. The second-order valence-electron chi connectivity index (χ2n) is 7.35. The largest absolute Gasteiger partial charge is 0.481 e. The van der Waals surface area contributed by atoms with E-state index in [1.165, 1.54) is 12.1 Å². The summed E-state index contributed by atoms with van der Waals surface area (Å²) in [5, 5.41) is 3.35. The highest BCUT2D eigenvalue weighted by Crippen LogP contribution is 2.24. The molecule has 0 radical (unpaired) electrons. The van der Waals surface area contributed by atoms with E-state index in [9.17, 15) is 13.2 Å². The summed E-state index contributed by atoms with van der Waals surface area (Å²) in [7, 11) is -3.77. The van der Waals surface area contributed by atoms with Gasteiger partial charge in [0.2, 0.25) is 0 Å². The number of amides is 1. The van der Waals surface area contributed by atoms with Crippen LogP contribution < -0.4 is 14.8 Å². The summed E-state index contributed by atoms with van der Waals surface area (Å²) >= 11 is 5.88. The van der Waals surface area contributed by atoms with E-state index in [-0.39, 0.29) is 10.8 Å². The Morgan fingerprint density at radius 3 is 2.12 bits per heavy atom. The second kappa shape index (κ2) is 10.1. The van der Waals surface area contributed by atoms with Gasteiger partial charge in [-0.3, -0.25) is 9.52 Å². The molecule has 3 rings (SSSR count). The lowest BCUT2D eigenvalue weighted by Crippen LogP contribution is -2.32. The van der Waals surface area contributed by atoms with Crippen LogP contribution in [0.3, 0.4) is 0 Å². The van der Waals surface area contributed by atoms with Gasteiger partial charge in [0.25, 0.3) is 15.9 Å². The molecule has 1 amide bonds. The first kappa shape index (κ1) is 23.6. The molecule has 0 aliphatic rings. The number of carbonyl (C=O) groups is 1. The third-order valence-electron chi connectivity index (χ3n) is 4.90. The predicted molar refractivity (Wildman–Crippen MR) is 128 cm³/mol. The summed E-state index contributed by atoms with van der Waals surface area (Å²) in [6.45, 7) is 5.54. The summed E-state index contributed by atoms with van der Waals surface area (Å²) in [6, 6.07) is 18.3. The molecule has 168 valence electrons. The van der Waals surface area contributed by atoms with Gasteiger partial charge in [0.05, 0.1) is 10.6 Å². The summed E-state index contributed by atoms with van der Waals surface area (Å²) < 4.78 is 34.0. The zero-order valence-electron chi connectivity index (χ0n) is 18.1. The van der Waals surface area contributed by atoms with Gasteiger partial charge in [-0.05, 0) is 79.9 Å². The van der Waals surface area contributed by atoms with Crippen molar-refractivity contribution in [3.8, 4) is 5.75 Å². The van der Waals surface area contributed by atoms with Crippen molar-refractivity contribution in [2.45, 2.75) is 38.2 Å². The van der Waals surface area contributed by atoms with E-state index >= 15 is 0 Å². The van der Waals surface area contributed by atoms with Gasteiger partial charge in [-0.15, -0.1) is 0 Å². The lowest BCUT2D eigenvalue weighted by atomic mass is 10.1. The predicted octanol–water partition coefficient (Wildman–Crippen LogP) is 5.55. The first-order chi connectivity index (χ1) is 15.2. The first-order valence-electron chi connectivity index (χ1n) is 10.1. The number of halogens is 1. The normalized spacial score (nSPS) is 12.1. The third-order valence-corrected chi connectivity index (χ3v) is 6.52. The van der Waals surface area contributed by atoms with Crippen molar-refractivity contribution >= 4 is 38.9 Å². The molecule has 0 aliphatic carbocycles. The highest BCUT2D eigenvalue weighted by atomic mass is 35.5. The highest BCUT2D eigenvalue weighted by Gasteiger charge is 2.20. The zero-order valence-corrected chi connectivity index (χ0v) is 19.6. The maximum absolute atomic E-state index is 12.8. The molecule has 0 heterocycles. The maximum Gasteiger partial charge on any atom is 0.265 e. The molecule has 32 heavy (non-hydrogen) atoms. The Hall–Kier alpha value is -3.03. The molecule has 8 heteroatoms. The van der Waals surface area contributed by atoms with E-state index in [1.54, 1.807) is 36.4 Å². The van der Waals surface area contributed by atoms with E-state index in [4.69, 9.17) is 16.3 Å². The monoisotopic (exact) mass is 472 g/mol. The average Bonchev–Trinajstić information content (AvgIpc) is 2.76. The van der Waals surface area contributed by atoms with E-state index in [0.717, 1.165) is 11.1 Å². The van der Waals surface area contributed by atoms with E-state index < -0.39 is 16.1 Å². The van der Waals surface area contributed by atoms with E-state index in [2.05, 4.69) is 10.0 Å². The summed E-state index contributed by atoms with van der Waals surface area (Å²) in [5.74, 6) is 0.210. The maximum atomic E-state index is 12.8. The number of nitrogens with one attached hydrogen (secondary N) is 2. The van der Waals surface area contributed by atoms with Gasteiger partial charge in [-0.2, -0.15) is 0 Å². The molecule has 0 unspecified atom stereocenters. The molecule has 0 aromatic heterocycles. The number of benzene rings is 3. The van der Waals surface area contributed by atoms with Gasteiger partial charge < -0.3 is 10.1 Å². The third kappa shape index (κ3) is 5.81. The molecule has 1 atom stereocenters. The molecular weight excluding hydrogens is 448 g/mol. The number of anilines is 2. The van der Waals surface area contributed by atoms with Crippen LogP contribution in [0.1, 0.15) is 24.5 Å². The fourth-order valence-corrected chi connectivity index (χ4v) is 4.44. The quantitative estimate of drug-likeness (QED) is 0.450. The minimum Gasteiger partial charge on any atom is -0.481 e. The lowest BCUT2D eigenvalue weighted by molar-refractivity contribution is -0.122. The molecule has 0 saturated heterocycles. The zero-order chi connectivity index (χ0) is 23.3.